The smallest absolute Gasteiger partial charge is 0.233 e. The van der Waals surface area contributed by atoms with E-state index in [0.717, 1.165) is 12.1 Å². The van der Waals surface area contributed by atoms with E-state index in [1.807, 2.05) is 0 Å². The molecule has 0 aromatic heterocycles. The normalized spacial score (nSPS) is 28.2. The summed E-state index contributed by atoms with van der Waals surface area (Å²) in [7, 11) is -4.35. The molecule has 0 fully saturated rings. The zero-order chi connectivity index (χ0) is 12.6. The molecule has 1 unspecified atom stereocenters. The first-order valence-electron chi connectivity index (χ1n) is 4.12. The van der Waals surface area contributed by atoms with Crippen LogP contribution in [0, 0.1) is 11.3 Å². The summed E-state index contributed by atoms with van der Waals surface area (Å²) < 4.78 is 46.8. The number of nitriles is 1. The predicted molar refractivity (Wildman–Crippen MR) is 51.1 cm³/mol. The van der Waals surface area contributed by atoms with Crippen molar-refractivity contribution in [3.63, 3.8) is 0 Å². The van der Waals surface area contributed by atoms with Crippen molar-refractivity contribution in [1.82, 2.24) is 0 Å². The van der Waals surface area contributed by atoms with E-state index in [-0.39, 0.29) is 11.6 Å². The van der Waals surface area contributed by atoms with Gasteiger partial charge in [-0.05, 0) is 12.2 Å². The molecule has 4 nitrogen and oxygen atoms in total. The molecule has 0 radical (unpaired) electrons. The zero-order valence-electron chi connectivity index (χ0n) is 8.20. The van der Waals surface area contributed by atoms with E-state index in [0.29, 0.717) is 6.26 Å². The van der Waals surface area contributed by atoms with Crippen LogP contribution >= 0.6 is 0 Å². The van der Waals surface area contributed by atoms with Gasteiger partial charge in [0, 0.05) is 18.2 Å². The monoisotopic (exact) mass is 247 g/mol. The van der Waals surface area contributed by atoms with Crippen LogP contribution in [0.2, 0.25) is 0 Å². The van der Waals surface area contributed by atoms with Crippen LogP contribution in [-0.4, -0.2) is 31.3 Å². The van der Waals surface area contributed by atoms with Crippen LogP contribution in [0.1, 0.15) is 6.42 Å². The first-order valence-corrected chi connectivity index (χ1v) is 6.01. The van der Waals surface area contributed by atoms with Gasteiger partial charge in [-0.2, -0.15) is 14.0 Å². The summed E-state index contributed by atoms with van der Waals surface area (Å²) in [6.07, 6.45) is 0.732. The van der Waals surface area contributed by atoms with Crippen LogP contribution in [0.5, 0.6) is 0 Å². The summed E-state index contributed by atoms with van der Waals surface area (Å²) in [5.74, 6) is -2.49. The van der Waals surface area contributed by atoms with Gasteiger partial charge in [-0.15, -0.1) is 0 Å². The van der Waals surface area contributed by atoms with Gasteiger partial charge in [0.2, 0.25) is 4.75 Å². The lowest BCUT2D eigenvalue weighted by Crippen LogP contribution is -2.53. The molecule has 0 N–H and O–H groups in total. The molecular formula is C9H7F2NO3S. The molecule has 0 aliphatic heterocycles. The van der Waals surface area contributed by atoms with Crippen molar-refractivity contribution >= 4 is 15.8 Å². The molecule has 0 aromatic carbocycles. The van der Waals surface area contributed by atoms with E-state index in [9.17, 15) is 22.0 Å². The molecule has 0 bridgehead atoms. The Bertz CT molecular complexity index is 538. The maximum atomic E-state index is 13.5. The second kappa shape index (κ2) is 3.51. The lowest BCUT2D eigenvalue weighted by molar-refractivity contribution is 0.0236. The summed E-state index contributed by atoms with van der Waals surface area (Å²) in [5.41, 5.74) is -0.266. The van der Waals surface area contributed by atoms with Crippen molar-refractivity contribution in [3.05, 3.63) is 17.7 Å². The number of sulfone groups is 1. The third-order valence-corrected chi connectivity index (χ3v) is 4.19. The van der Waals surface area contributed by atoms with Crippen LogP contribution in [0.25, 0.3) is 0 Å². The molecule has 1 aliphatic carbocycles. The average molecular weight is 247 g/mol. The van der Waals surface area contributed by atoms with E-state index in [1.165, 1.54) is 5.94 Å². The minimum atomic E-state index is -4.35. The van der Waals surface area contributed by atoms with Crippen molar-refractivity contribution in [2.45, 2.75) is 17.1 Å². The summed E-state index contributed by atoms with van der Waals surface area (Å²) in [4.78, 5) is 10.3. The Hall–Kier alpha value is -1.51. The number of hydrogen-bond acceptors (Lipinski definition) is 4. The fourth-order valence-corrected chi connectivity index (χ4v) is 2.58. The summed E-state index contributed by atoms with van der Waals surface area (Å²) in [6, 6.07) is 1.12. The van der Waals surface area contributed by atoms with Gasteiger partial charge in [-0.25, -0.2) is 13.2 Å². The lowest BCUT2D eigenvalue weighted by atomic mass is 9.88. The molecular weight excluding hydrogens is 240 g/mol. The van der Waals surface area contributed by atoms with Gasteiger partial charge < -0.3 is 0 Å². The highest BCUT2D eigenvalue weighted by Gasteiger charge is 2.62. The molecule has 0 spiro atoms. The largest absolute Gasteiger partial charge is 0.299 e. The van der Waals surface area contributed by atoms with Gasteiger partial charge in [0.15, 0.2) is 9.84 Å². The quantitative estimate of drug-likeness (QED) is 0.637. The molecule has 16 heavy (non-hydrogen) atoms. The van der Waals surface area contributed by atoms with Crippen LogP contribution in [0.15, 0.2) is 17.7 Å². The average Bonchev–Trinajstić information content (AvgIpc) is 2.16. The first kappa shape index (κ1) is 12.6. The third-order valence-electron chi connectivity index (χ3n) is 2.42. The summed E-state index contributed by atoms with van der Waals surface area (Å²) >= 11 is 0. The van der Waals surface area contributed by atoms with Gasteiger partial charge >= 0.3 is 0 Å². The highest BCUT2D eigenvalue weighted by molar-refractivity contribution is 7.92. The molecule has 86 valence electrons. The number of alkyl halides is 2. The topological polar surface area (TPSA) is 75.0 Å². The molecule has 0 heterocycles. The second-order valence-electron chi connectivity index (χ2n) is 3.47. The van der Waals surface area contributed by atoms with Crippen LogP contribution in [0.4, 0.5) is 8.78 Å². The zero-order valence-corrected chi connectivity index (χ0v) is 9.01. The Morgan fingerprint density at radius 3 is 2.44 bits per heavy atom. The van der Waals surface area contributed by atoms with E-state index in [4.69, 9.17) is 5.26 Å². The molecule has 1 rings (SSSR count). The number of nitrogens with zero attached hydrogens (tertiary/aromatic N) is 1. The Morgan fingerprint density at radius 2 is 2.06 bits per heavy atom. The Morgan fingerprint density at radius 1 is 1.50 bits per heavy atom. The second-order valence-corrected chi connectivity index (χ2v) is 5.71. The van der Waals surface area contributed by atoms with Crippen LogP contribution in [-0.2, 0) is 14.6 Å². The predicted octanol–water partition coefficient (Wildman–Crippen LogP) is 0.647. The van der Waals surface area contributed by atoms with Gasteiger partial charge in [-0.1, -0.05) is 0 Å². The summed E-state index contributed by atoms with van der Waals surface area (Å²) in [5, 5.41) is 8.74. The minimum absolute atomic E-state index is 0.251. The molecule has 0 saturated heterocycles. The Labute approximate surface area is 90.8 Å². The highest BCUT2D eigenvalue weighted by Crippen LogP contribution is 2.43. The van der Waals surface area contributed by atoms with Crippen molar-refractivity contribution < 1.29 is 22.0 Å². The van der Waals surface area contributed by atoms with Crippen LogP contribution in [0.3, 0.4) is 0 Å². The first-order chi connectivity index (χ1) is 7.20. The van der Waals surface area contributed by atoms with Crippen molar-refractivity contribution in [2.24, 2.45) is 0 Å². The van der Waals surface area contributed by atoms with Crippen molar-refractivity contribution in [2.75, 3.05) is 6.26 Å². The lowest BCUT2D eigenvalue weighted by Gasteiger charge is -2.33. The molecule has 0 saturated carbocycles. The molecule has 1 atom stereocenters. The van der Waals surface area contributed by atoms with Gasteiger partial charge in [0.25, 0.3) is 5.92 Å². The molecule has 0 aromatic rings. The standard InChI is InChI=1S/C9H7F2NO3S/c1-16(14,15)8(6-12)4-7(5-13)2-3-9(8,10)11/h2-3H,4H2,1H3. The number of carbonyl (C=O) groups excluding carboxylic acids is 1. The number of rotatable bonds is 1. The van der Waals surface area contributed by atoms with Crippen LogP contribution < -0.4 is 0 Å². The van der Waals surface area contributed by atoms with Crippen molar-refractivity contribution in [1.29, 1.82) is 5.26 Å². The SMILES string of the molecule is CS(=O)(=O)C1(C#N)CC(=C=O)C=CC1(F)F. The fraction of sp³-hybridized carbons (Fsp3) is 0.444. The maximum Gasteiger partial charge on any atom is 0.299 e. The number of allylic oxidation sites excluding steroid dienone is 3. The summed E-state index contributed by atoms with van der Waals surface area (Å²) in [6.45, 7) is 0. The third kappa shape index (κ3) is 1.56. The fourth-order valence-electron chi connectivity index (χ4n) is 1.43. The number of hydrogen-bond donors (Lipinski definition) is 0. The molecule has 7 heteroatoms. The highest BCUT2D eigenvalue weighted by atomic mass is 32.2. The van der Waals surface area contributed by atoms with E-state index < -0.39 is 26.9 Å². The molecule has 0 amide bonds. The van der Waals surface area contributed by atoms with Gasteiger partial charge in [-0.3, -0.25) is 0 Å². The van der Waals surface area contributed by atoms with Gasteiger partial charge in [0.1, 0.15) is 5.94 Å². The van der Waals surface area contributed by atoms with E-state index in [1.54, 1.807) is 0 Å². The molecule has 1 aliphatic rings. The van der Waals surface area contributed by atoms with E-state index in [2.05, 4.69) is 0 Å². The van der Waals surface area contributed by atoms with E-state index >= 15 is 0 Å². The maximum absolute atomic E-state index is 13.5. The number of halogens is 2. The Kier molecular flexibility index (Phi) is 2.75. The minimum Gasteiger partial charge on any atom is -0.233 e. The Balaban J connectivity index is 3.59. The van der Waals surface area contributed by atoms with Crippen molar-refractivity contribution in [3.8, 4) is 6.07 Å². The van der Waals surface area contributed by atoms with Gasteiger partial charge in [0.05, 0.1) is 6.07 Å².